The van der Waals surface area contributed by atoms with Gasteiger partial charge in [0.25, 0.3) is 17.4 Å². The number of anilines is 1. The largest absolute Gasteiger partial charge is 0.336 e. The van der Waals surface area contributed by atoms with Gasteiger partial charge in [-0.1, -0.05) is 12.1 Å². The van der Waals surface area contributed by atoms with Gasteiger partial charge in [-0.15, -0.1) is 11.3 Å². The highest BCUT2D eigenvalue weighted by atomic mass is 32.1. The molecule has 1 N–H and O–H groups in total. The summed E-state index contributed by atoms with van der Waals surface area (Å²) in [7, 11) is 0. The molecule has 2 aliphatic rings. The summed E-state index contributed by atoms with van der Waals surface area (Å²) < 4.78 is 1.77. The molecule has 1 fully saturated rings. The van der Waals surface area contributed by atoms with E-state index in [1.54, 1.807) is 41.1 Å². The van der Waals surface area contributed by atoms with Crippen LogP contribution in [-0.2, 0) is 6.54 Å². The molecular weight excluding hydrogens is 400 g/mol. The van der Waals surface area contributed by atoms with Gasteiger partial charge < -0.3 is 14.8 Å². The van der Waals surface area contributed by atoms with Crippen molar-refractivity contribution >= 4 is 28.8 Å². The predicted octanol–water partition coefficient (Wildman–Crippen LogP) is 2.82. The minimum atomic E-state index is -0.272. The smallest absolute Gasteiger partial charge is 0.274 e. The van der Waals surface area contributed by atoms with E-state index >= 15 is 0 Å². The van der Waals surface area contributed by atoms with Gasteiger partial charge in [-0.25, -0.2) is 0 Å². The van der Waals surface area contributed by atoms with Crippen LogP contribution in [0.4, 0.5) is 5.69 Å². The van der Waals surface area contributed by atoms with E-state index in [4.69, 9.17) is 0 Å². The molecule has 7 nitrogen and oxygen atoms in total. The second kappa shape index (κ2) is 7.53. The lowest BCUT2D eigenvalue weighted by atomic mass is 9.83. The number of carbonyl (C=O) groups excluding carboxylic acids is 2. The lowest BCUT2D eigenvalue weighted by Gasteiger charge is -2.42. The van der Waals surface area contributed by atoms with Crippen LogP contribution in [0, 0.1) is 5.92 Å². The molecule has 8 heteroatoms. The van der Waals surface area contributed by atoms with Crippen molar-refractivity contribution in [3.8, 4) is 0 Å². The summed E-state index contributed by atoms with van der Waals surface area (Å²) in [5.74, 6) is -0.0449. The fourth-order valence-electron chi connectivity index (χ4n) is 4.45. The molecule has 1 saturated heterocycles. The zero-order chi connectivity index (χ0) is 20.7. The number of amides is 2. The van der Waals surface area contributed by atoms with Crippen molar-refractivity contribution < 1.29 is 9.59 Å². The summed E-state index contributed by atoms with van der Waals surface area (Å²) in [6.07, 6.45) is 2.57. The minimum Gasteiger partial charge on any atom is -0.336 e. The van der Waals surface area contributed by atoms with Gasteiger partial charge in [0, 0.05) is 37.4 Å². The second-order valence-electron chi connectivity index (χ2n) is 7.74. The monoisotopic (exact) mass is 420 g/mol. The maximum absolute atomic E-state index is 13.0. The maximum Gasteiger partial charge on any atom is 0.274 e. The number of carbonyl (C=O) groups is 2. The lowest BCUT2D eigenvalue weighted by molar-refractivity contribution is 0.0588. The van der Waals surface area contributed by atoms with Crippen LogP contribution in [0.2, 0.25) is 0 Å². The van der Waals surface area contributed by atoms with E-state index in [-0.39, 0.29) is 29.2 Å². The number of thiophene rings is 1. The molecule has 0 aromatic carbocycles. The third kappa shape index (κ3) is 3.33. The summed E-state index contributed by atoms with van der Waals surface area (Å²) in [4.78, 5) is 44.8. The summed E-state index contributed by atoms with van der Waals surface area (Å²) in [6.45, 7) is 1.70. The van der Waals surface area contributed by atoms with E-state index in [0.717, 1.165) is 12.1 Å². The van der Waals surface area contributed by atoms with Gasteiger partial charge >= 0.3 is 0 Å². The van der Waals surface area contributed by atoms with Crippen LogP contribution in [0.3, 0.4) is 0 Å². The molecule has 3 aromatic heterocycles. The van der Waals surface area contributed by atoms with Crippen LogP contribution >= 0.6 is 11.3 Å². The topological polar surface area (TPSA) is 84.3 Å². The van der Waals surface area contributed by atoms with E-state index in [2.05, 4.69) is 10.3 Å². The lowest BCUT2D eigenvalue weighted by Crippen LogP contribution is -2.49. The number of pyridine rings is 2. The Kier molecular flexibility index (Phi) is 4.71. The first-order valence-corrected chi connectivity index (χ1v) is 10.8. The first-order chi connectivity index (χ1) is 14.6. The highest BCUT2D eigenvalue weighted by Crippen LogP contribution is 2.35. The number of hydrogen-bond donors (Lipinski definition) is 1. The fourth-order valence-corrected chi connectivity index (χ4v) is 5.07. The number of likely N-dealkylation sites (tertiary alicyclic amines) is 1. The van der Waals surface area contributed by atoms with Gasteiger partial charge in [0.05, 0.1) is 4.88 Å². The molecule has 2 bridgehead atoms. The SMILES string of the molecule is O=C(Nc1ccc2n(c1=O)CC1CC2CN(C(=O)c2ccccn2)C1)c1cccs1. The van der Waals surface area contributed by atoms with Crippen LogP contribution in [0.5, 0.6) is 0 Å². The first kappa shape index (κ1) is 18.7. The molecule has 2 amide bonds. The third-order valence-electron chi connectivity index (χ3n) is 5.77. The molecule has 152 valence electrons. The van der Waals surface area contributed by atoms with Crippen LogP contribution in [-0.4, -0.2) is 39.4 Å². The molecule has 30 heavy (non-hydrogen) atoms. The number of aromatic nitrogens is 2. The van der Waals surface area contributed by atoms with E-state index in [0.29, 0.717) is 35.9 Å². The molecule has 2 unspecified atom stereocenters. The average molecular weight is 420 g/mol. The van der Waals surface area contributed by atoms with Crippen molar-refractivity contribution in [2.45, 2.75) is 18.9 Å². The highest BCUT2D eigenvalue weighted by molar-refractivity contribution is 7.12. The van der Waals surface area contributed by atoms with Crippen LogP contribution < -0.4 is 10.9 Å². The molecule has 5 heterocycles. The van der Waals surface area contributed by atoms with Crippen LogP contribution in [0.25, 0.3) is 0 Å². The molecular formula is C22H20N4O3S. The number of nitrogens with one attached hydrogen (secondary N) is 1. The van der Waals surface area contributed by atoms with Crippen LogP contribution in [0.1, 0.15) is 38.2 Å². The van der Waals surface area contributed by atoms with E-state index in [9.17, 15) is 14.4 Å². The molecule has 2 atom stereocenters. The van der Waals surface area contributed by atoms with Crippen LogP contribution in [0.15, 0.2) is 58.8 Å². The first-order valence-electron chi connectivity index (χ1n) is 9.89. The maximum atomic E-state index is 13.0. The Balaban J connectivity index is 1.39. The van der Waals surface area contributed by atoms with Crippen molar-refractivity contribution in [3.05, 3.63) is 80.7 Å². The number of hydrogen-bond acceptors (Lipinski definition) is 5. The van der Waals surface area contributed by atoms with Crippen molar-refractivity contribution in [2.24, 2.45) is 5.92 Å². The van der Waals surface area contributed by atoms with Gasteiger partial charge in [0.1, 0.15) is 11.4 Å². The van der Waals surface area contributed by atoms with Gasteiger partial charge in [0.2, 0.25) is 0 Å². The van der Waals surface area contributed by atoms with E-state index in [1.807, 2.05) is 22.4 Å². The minimum absolute atomic E-state index is 0.0686. The van der Waals surface area contributed by atoms with Crippen molar-refractivity contribution in [1.29, 1.82) is 0 Å². The second-order valence-corrected chi connectivity index (χ2v) is 8.69. The zero-order valence-electron chi connectivity index (χ0n) is 16.2. The van der Waals surface area contributed by atoms with E-state index in [1.165, 1.54) is 11.3 Å². The molecule has 0 radical (unpaired) electrons. The molecule has 5 rings (SSSR count). The predicted molar refractivity (Wildman–Crippen MR) is 114 cm³/mol. The Morgan fingerprint density at radius 1 is 1.07 bits per heavy atom. The van der Waals surface area contributed by atoms with Crippen molar-refractivity contribution in [3.63, 3.8) is 0 Å². The summed E-state index contributed by atoms with van der Waals surface area (Å²) in [5.41, 5.74) is 1.47. The average Bonchev–Trinajstić information content (AvgIpc) is 3.31. The Labute approximate surface area is 177 Å². The molecule has 0 aliphatic carbocycles. The summed E-state index contributed by atoms with van der Waals surface area (Å²) in [5, 5.41) is 4.57. The van der Waals surface area contributed by atoms with Gasteiger partial charge in [-0.2, -0.15) is 0 Å². The molecule has 0 saturated carbocycles. The standard InChI is InChI=1S/C22H20N4O3S/c27-20(19-5-3-9-30-19)24-17-6-7-18-15-10-14(12-26(18)22(17)29)11-25(13-15)21(28)16-4-1-2-8-23-16/h1-9,14-15H,10-13H2,(H,24,27). The normalized spacial score (nSPS) is 19.8. The van der Waals surface area contributed by atoms with E-state index < -0.39 is 0 Å². The summed E-state index contributed by atoms with van der Waals surface area (Å²) in [6, 6.07) is 12.4. The molecule has 0 spiro atoms. The number of rotatable bonds is 3. The third-order valence-corrected chi connectivity index (χ3v) is 6.64. The Morgan fingerprint density at radius 3 is 2.73 bits per heavy atom. The Hall–Kier alpha value is -3.26. The fraction of sp³-hybridized carbons (Fsp3) is 0.273. The quantitative estimate of drug-likeness (QED) is 0.706. The highest BCUT2D eigenvalue weighted by Gasteiger charge is 2.37. The zero-order valence-corrected chi connectivity index (χ0v) is 17.0. The van der Waals surface area contributed by atoms with Gasteiger partial charge in [-0.3, -0.25) is 19.4 Å². The van der Waals surface area contributed by atoms with Crippen molar-refractivity contribution in [2.75, 3.05) is 18.4 Å². The number of nitrogens with zero attached hydrogens (tertiary/aromatic N) is 3. The van der Waals surface area contributed by atoms with Gasteiger partial charge in [-0.05, 0) is 48.1 Å². The Morgan fingerprint density at radius 2 is 1.97 bits per heavy atom. The van der Waals surface area contributed by atoms with Gasteiger partial charge in [0.15, 0.2) is 0 Å². The van der Waals surface area contributed by atoms with Crippen molar-refractivity contribution in [1.82, 2.24) is 14.5 Å². The summed E-state index contributed by atoms with van der Waals surface area (Å²) >= 11 is 1.34. The molecule has 2 aliphatic heterocycles. The number of piperidine rings is 1. The molecule has 3 aromatic rings. The Bertz CT molecular complexity index is 1160. The number of fused-ring (bicyclic) bond motifs is 4.